The summed E-state index contributed by atoms with van der Waals surface area (Å²) in [4.78, 5) is 26.3. The molecule has 0 bridgehead atoms. The van der Waals surface area contributed by atoms with Crippen LogP contribution in [0.15, 0.2) is 72.8 Å². The molecule has 178 valence electrons. The van der Waals surface area contributed by atoms with Gasteiger partial charge in [0.15, 0.2) is 16.6 Å². The molecule has 0 unspecified atom stereocenters. The molecule has 3 aromatic carbocycles. The summed E-state index contributed by atoms with van der Waals surface area (Å²) in [5, 5.41) is 4.92. The molecule has 0 atom stereocenters. The highest BCUT2D eigenvalue weighted by molar-refractivity contribution is 7.80. The molecule has 1 N–H and O–H groups in total. The fourth-order valence-electron chi connectivity index (χ4n) is 3.90. The number of benzene rings is 3. The van der Waals surface area contributed by atoms with E-state index in [2.05, 4.69) is 36.2 Å². The third-order valence-corrected chi connectivity index (χ3v) is 6.01. The van der Waals surface area contributed by atoms with Crippen molar-refractivity contribution in [1.82, 2.24) is 10.2 Å². The molecule has 35 heavy (non-hydrogen) atoms. The average molecular weight is 487 g/mol. The molecule has 0 aliphatic carbocycles. The Labute approximate surface area is 209 Å². The summed E-state index contributed by atoms with van der Waals surface area (Å²) in [6.45, 7) is 6.54. The minimum Gasteiger partial charge on any atom is -0.490 e. The molecule has 0 saturated carbocycles. The SMILES string of the molecule is C=CCc1cc(/C=C2\C(=O)NC(=S)N(C)C2=O)cc(OCC)c1OCc1ccc2ccccc2c1. The predicted octanol–water partition coefficient (Wildman–Crippen LogP) is 4.80. The standard InChI is InChI=1S/C28H26N2O4S/c1-4-8-22-14-19(15-23-26(31)29-28(35)30(3)27(23)32)16-24(33-5-2)25(22)34-17-18-11-12-20-9-6-7-10-21(20)13-18/h4,6-7,9-16H,1,5,8,17H2,2-3H3,(H,29,31,35)/b23-15+. The molecule has 1 aliphatic heterocycles. The van der Waals surface area contributed by atoms with Crippen LogP contribution in [0.1, 0.15) is 23.6 Å². The number of hydrogen-bond donors (Lipinski definition) is 1. The molecule has 1 saturated heterocycles. The van der Waals surface area contributed by atoms with Crippen LogP contribution in [0.4, 0.5) is 0 Å². The van der Waals surface area contributed by atoms with E-state index in [-0.39, 0.29) is 10.7 Å². The minimum atomic E-state index is -0.530. The average Bonchev–Trinajstić information content (AvgIpc) is 2.85. The molecule has 1 heterocycles. The highest BCUT2D eigenvalue weighted by Gasteiger charge is 2.31. The number of ether oxygens (including phenoxy) is 2. The fraction of sp³-hybridized carbons (Fsp3) is 0.179. The van der Waals surface area contributed by atoms with Crippen LogP contribution < -0.4 is 14.8 Å². The van der Waals surface area contributed by atoms with Crippen LogP contribution in [-0.2, 0) is 22.6 Å². The lowest BCUT2D eigenvalue weighted by Gasteiger charge is -2.25. The Morgan fingerprint density at radius 2 is 1.83 bits per heavy atom. The van der Waals surface area contributed by atoms with Crippen molar-refractivity contribution in [2.45, 2.75) is 20.0 Å². The Morgan fingerprint density at radius 3 is 2.57 bits per heavy atom. The summed E-state index contributed by atoms with van der Waals surface area (Å²) in [5.41, 5.74) is 2.51. The van der Waals surface area contributed by atoms with Gasteiger partial charge in [0, 0.05) is 12.6 Å². The number of hydrogen-bond acceptors (Lipinski definition) is 5. The van der Waals surface area contributed by atoms with Gasteiger partial charge >= 0.3 is 0 Å². The number of carbonyl (C=O) groups is 2. The van der Waals surface area contributed by atoms with Gasteiger partial charge in [-0.15, -0.1) is 6.58 Å². The topological polar surface area (TPSA) is 67.9 Å². The van der Waals surface area contributed by atoms with Gasteiger partial charge in [0.05, 0.1) is 6.61 Å². The molecule has 2 amide bonds. The van der Waals surface area contributed by atoms with Crippen molar-refractivity contribution in [3.8, 4) is 11.5 Å². The van der Waals surface area contributed by atoms with E-state index in [1.807, 2.05) is 31.2 Å². The second kappa shape index (κ2) is 10.5. The van der Waals surface area contributed by atoms with E-state index in [9.17, 15) is 9.59 Å². The van der Waals surface area contributed by atoms with Gasteiger partial charge in [0.2, 0.25) is 0 Å². The van der Waals surface area contributed by atoms with Crippen molar-refractivity contribution >= 4 is 46.0 Å². The maximum atomic E-state index is 12.6. The van der Waals surface area contributed by atoms with E-state index < -0.39 is 11.8 Å². The summed E-state index contributed by atoms with van der Waals surface area (Å²) < 4.78 is 12.2. The van der Waals surface area contributed by atoms with Crippen molar-refractivity contribution in [3.05, 3.63) is 89.5 Å². The van der Waals surface area contributed by atoms with Crippen LogP contribution in [-0.4, -0.2) is 35.5 Å². The zero-order valence-corrected chi connectivity index (χ0v) is 20.5. The van der Waals surface area contributed by atoms with Gasteiger partial charge in [-0.1, -0.05) is 42.5 Å². The maximum Gasteiger partial charge on any atom is 0.265 e. The first-order chi connectivity index (χ1) is 16.9. The summed E-state index contributed by atoms with van der Waals surface area (Å²) >= 11 is 5.02. The Bertz CT molecular complexity index is 1360. The van der Waals surface area contributed by atoms with Crippen LogP contribution in [0, 0.1) is 0 Å². The first-order valence-electron chi connectivity index (χ1n) is 11.3. The van der Waals surface area contributed by atoms with Gasteiger partial charge in [-0.25, -0.2) is 0 Å². The molecule has 6 nitrogen and oxygen atoms in total. The number of fused-ring (bicyclic) bond motifs is 1. The van der Waals surface area contributed by atoms with Crippen molar-refractivity contribution in [2.24, 2.45) is 0 Å². The third kappa shape index (κ3) is 5.25. The van der Waals surface area contributed by atoms with Crippen LogP contribution in [0.2, 0.25) is 0 Å². The Kier molecular flexibility index (Phi) is 7.27. The van der Waals surface area contributed by atoms with Crippen LogP contribution in [0.3, 0.4) is 0 Å². The highest BCUT2D eigenvalue weighted by Crippen LogP contribution is 2.35. The highest BCUT2D eigenvalue weighted by atomic mass is 32.1. The maximum absolute atomic E-state index is 12.6. The lowest BCUT2D eigenvalue weighted by Crippen LogP contribution is -2.52. The number of amides is 2. The molecule has 1 aliphatic rings. The second-order valence-corrected chi connectivity index (χ2v) is 8.47. The smallest absolute Gasteiger partial charge is 0.265 e. The van der Waals surface area contributed by atoms with Crippen molar-refractivity contribution in [1.29, 1.82) is 0 Å². The fourth-order valence-corrected chi connectivity index (χ4v) is 4.07. The van der Waals surface area contributed by atoms with Gasteiger partial charge in [-0.05, 0) is 71.7 Å². The van der Waals surface area contributed by atoms with E-state index in [1.165, 1.54) is 23.4 Å². The Hall–Kier alpha value is -3.97. The molecule has 7 heteroatoms. The van der Waals surface area contributed by atoms with Gasteiger partial charge in [0.1, 0.15) is 12.2 Å². The Morgan fingerprint density at radius 1 is 1.06 bits per heavy atom. The molecular formula is C28H26N2O4S. The first kappa shape index (κ1) is 24.2. The summed E-state index contributed by atoms with van der Waals surface area (Å²) in [5.74, 6) is 0.156. The summed E-state index contributed by atoms with van der Waals surface area (Å²) in [7, 11) is 1.52. The van der Waals surface area contributed by atoms with Crippen LogP contribution in [0.25, 0.3) is 16.8 Å². The number of rotatable bonds is 8. The van der Waals surface area contributed by atoms with Crippen molar-refractivity contribution in [3.63, 3.8) is 0 Å². The molecule has 4 rings (SSSR count). The van der Waals surface area contributed by atoms with E-state index in [1.54, 1.807) is 12.1 Å². The quantitative estimate of drug-likeness (QED) is 0.214. The minimum absolute atomic E-state index is 0.00191. The summed E-state index contributed by atoms with van der Waals surface area (Å²) in [6.07, 6.45) is 3.84. The molecule has 1 fully saturated rings. The lowest BCUT2D eigenvalue weighted by molar-refractivity contribution is -0.128. The largest absolute Gasteiger partial charge is 0.490 e. The van der Waals surface area contributed by atoms with Gasteiger partial charge in [-0.2, -0.15) is 0 Å². The normalized spacial score (nSPS) is 14.9. The molecule has 0 spiro atoms. The number of thiocarbonyl (C=S) groups is 1. The number of allylic oxidation sites excluding steroid dienone is 1. The third-order valence-electron chi connectivity index (χ3n) is 5.63. The van der Waals surface area contributed by atoms with Gasteiger partial charge in [0.25, 0.3) is 11.8 Å². The molecule has 3 aromatic rings. The predicted molar refractivity (Wildman–Crippen MR) is 141 cm³/mol. The summed E-state index contributed by atoms with van der Waals surface area (Å²) in [6, 6.07) is 18.0. The Balaban J connectivity index is 1.68. The van der Waals surface area contributed by atoms with E-state index in [0.717, 1.165) is 16.5 Å². The van der Waals surface area contributed by atoms with Crippen LogP contribution in [0.5, 0.6) is 11.5 Å². The van der Waals surface area contributed by atoms with Gasteiger partial charge < -0.3 is 9.47 Å². The molecule has 0 aromatic heterocycles. The van der Waals surface area contributed by atoms with E-state index >= 15 is 0 Å². The van der Waals surface area contributed by atoms with E-state index in [4.69, 9.17) is 21.7 Å². The zero-order valence-electron chi connectivity index (χ0n) is 19.7. The zero-order chi connectivity index (χ0) is 24.9. The number of carbonyl (C=O) groups excluding carboxylic acids is 2. The number of likely N-dealkylation sites (N-methyl/N-ethyl adjacent to an activating group) is 1. The number of nitrogens with zero attached hydrogens (tertiary/aromatic N) is 1. The first-order valence-corrected chi connectivity index (χ1v) is 11.7. The monoisotopic (exact) mass is 486 g/mol. The van der Waals surface area contributed by atoms with Crippen molar-refractivity contribution < 1.29 is 19.1 Å². The molecule has 0 radical (unpaired) electrons. The van der Waals surface area contributed by atoms with Crippen molar-refractivity contribution in [2.75, 3.05) is 13.7 Å². The second-order valence-electron chi connectivity index (χ2n) is 8.08. The van der Waals surface area contributed by atoms with Gasteiger partial charge in [-0.3, -0.25) is 19.8 Å². The number of nitrogens with one attached hydrogen (secondary N) is 1. The molecular weight excluding hydrogens is 460 g/mol. The lowest BCUT2D eigenvalue weighted by atomic mass is 10.0. The van der Waals surface area contributed by atoms with Crippen LogP contribution >= 0.6 is 12.2 Å². The van der Waals surface area contributed by atoms with E-state index in [0.29, 0.717) is 36.7 Å².